The lowest BCUT2D eigenvalue weighted by Gasteiger charge is -2.21. The van der Waals surface area contributed by atoms with Crippen molar-refractivity contribution < 1.29 is 0 Å². The van der Waals surface area contributed by atoms with Crippen molar-refractivity contribution in [2.75, 3.05) is 26.7 Å². The van der Waals surface area contributed by atoms with Crippen LogP contribution in [0.15, 0.2) is 0 Å². The Morgan fingerprint density at radius 2 is 2.27 bits per heavy atom. The smallest absolute Gasteiger partial charge is 0.0192 e. The second kappa shape index (κ2) is 4.73. The zero-order valence-electron chi connectivity index (χ0n) is 7.77. The molecule has 0 amide bonds. The molecule has 0 aromatic heterocycles. The highest BCUT2D eigenvalue weighted by molar-refractivity contribution is 4.73. The molecule has 2 heteroatoms. The number of nitrogens with zero attached hydrogens (tertiary/aromatic N) is 1. The second-order valence-electron chi connectivity index (χ2n) is 3.37. The van der Waals surface area contributed by atoms with Gasteiger partial charge in [0.1, 0.15) is 0 Å². The van der Waals surface area contributed by atoms with Crippen molar-refractivity contribution in [3.8, 4) is 0 Å². The minimum atomic E-state index is 0.734. The number of hydrogen-bond donors (Lipinski definition) is 1. The second-order valence-corrected chi connectivity index (χ2v) is 3.37. The third-order valence-electron chi connectivity index (χ3n) is 2.61. The van der Waals surface area contributed by atoms with Crippen molar-refractivity contribution in [2.45, 2.75) is 32.2 Å². The zero-order chi connectivity index (χ0) is 8.10. The number of hydrogen-bond acceptors (Lipinski definition) is 2. The summed E-state index contributed by atoms with van der Waals surface area (Å²) in [5.74, 6) is 0. The van der Waals surface area contributed by atoms with Crippen LogP contribution < -0.4 is 5.32 Å². The molecule has 66 valence electrons. The van der Waals surface area contributed by atoms with Gasteiger partial charge in [-0.05, 0) is 33.0 Å². The van der Waals surface area contributed by atoms with Gasteiger partial charge in [-0.1, -0.05) is 13.3 Å². The molecule has 0 aromatic rings. The summed E-state index contributed by atoms with van der Waals surface area (Å²) in [6.07, 6.45) is 4.13. The van der Waals surface area contributed by atoms with Crippen molar-refractivity contribution in [3.63, 3.8) is 0 Å². The van der Waals surface area contributed by atoms with Crippen LogP contribution in [0, 0.1) is 0 Å². The first-order valence-corrected chi connectivity index (χ1v) is 4.76. The zero-order valence-corrected chi connectivity index (χ0v) is 7.77. The van der Waals surface area contributed by atoms with Crippen LogP contribution >= 0.6 is 0 Å². The monoisotopic (exact) mass is 156 g/mol. The highest BCUT2D eigenvalue weighted by Crippen LogP contribution is 2.09. The first-order valence-electron chi connectivity index (χ1n) is 4.76. The molecule has 1 N–H and O–H groups in total. The van der Waals surface area contributed by atoms with Crippen LogP contribution in [0.4, 0.5) is 0 Å². The highest BCUT2D eigenvalue weighted by Gasteiger charge is 2.14. The fourth-order valence-corrected chi connectivity index (χ4v) is 1.74. The fraction of sp³-hybridized carbons (Fsp3) is 1.00. The van der Waals surface area contributed by atoms with Gasteiger partial charge in [0, 0.05) is 12.6 Å². The van der Waals surface area contributed by atoms with E-state index in [1.807, 2.05) is 0 Å². The van der Waals surface area contributed by atoms with Crippen molar-refractivity contribution >= 4 is 0 Å². The van der Waals surface area contributed by atoms with Crippen molar-refractivity contribution in [3.05, 3.63) is 0 Å². The van der Waals surface area contributed by atoms with Crippen LogP contribution in [0.1, 0.15) is 26.2 Å². The van der Waals surface area contributed by atoms with Gasteiger partial charge in [0.2, 0.25) is 0 Å². The molecule has 0 bridgehead atoms. The lowest BCUT2D eigenvalue weighted by atomic mass is 10.1. The molecule has 0 unspecified atom stereocenters. The van der Waals surface area contributed by atoms with E-state index in [0.717, 1.165) is 6.04 Å². The Bertz CT molecular complexity index is 91.7. The summed E-state index contributed by atoms with van der Waals surface area (Å²) in [7, 11) is 2.07. The summed E-state index contributed by atoms with van der Waals surface area (Å²) in [6.45, 7) is 6.00. The predicted octanol–water partition coefficient (Wildman–Crippen LogP) is 1.08. The molecule has 11 heavy (non-hydrogen) atoms. The molecule has 1 fully saturated rings. The van der Waals surface area contributed by atoms with E-state index in [4.69, 9.17) is 0 Å². The topological polar surface area (TPSA) is 15.3 Å². The molecular weight excluding hydrogens is 136 g/mol. The summed E-state index contributed by atoms with van der Waals surface area (Å²) >= 11 is 0. The van der Waals surface area contributed by atoms with Gasteiger partial charge in [-0.15, -0.1) is 0 Å². The molecule has 0 aromatic carbocycles. The van der Waals surface area contributed by atoms with Gasteiger partial charge in [-0.2, -0.15) is 0 Å². The van der Waals surface area contributed by atoms with E-state index in [0.29, 0.717) is 0 Å². The minimum absolute atomic E-state index is 0.734. The molecule has 1 aliphatic rings. The van der Waals surface area contributed by atoms with Crippen LogP contribution in [0.25, 0.3) is 0 Å². The maximum atomic E-state index is 3.37. The Morgan fingerprint density at radius 1 is 1.45 bits per heavy atom. The van der Waals surface area contributed by atoms with Gasteiger partial charge >= 0.3 is 0 Å². The molecule has 2 nitrogen and oxygen atoms in total. The highest BCUT2D eigenvalue weighted by atomic mass is 15.1. The number of likely N-dealkylation sites (N-methyl/N-ethyl adjacent to an activating group) is 2. The molecule has 1 atom stereocenters. The van der Waals surface area contributed by atoms with Crippen LogP contribution in [0.2, 0.25) is 0 Å². The predicted molar refractivity (Wildman–Crippen MR) is 48.8 cm³/mol. The number of nitrogens with one attached hydrogen (secondary N) is 1. The minimum Gasteiger partial charge on any atom is -0.316 e. The fourth-order valence-electron chi connectivity index (χ4n) is 1.74. The molecule has 0 aliphatic carbocycles. The van der Waals surface area contributed by atoms with Gasteiger partial charge in [-0.25, -0.2) is 0 Å². The van der Waals surface area contributed by atoms with Crippen LogP contribution in [0.5, 0.6) is 0 Å². The third-order valence-corrected chi connectivity index (χ3v) is 2.61. The summed E-state index contributed by atoms with van der Waals surface area (Å²) in [5.41, 5.74) is 0. The van der Waals surface area contributed by atoms with E-state index in [1.54, 1.807) is 0 Å². The molecule has 0 saturated carbocycles. The van der Waals surface area contributed by atoms with E-state index in [1.165, 1.54) is 38.9 Å². The molecule has 1 saturated heterocycles. The molecule has 1 rings (SSSR count). The Hall–Kier alpha value is -0.0800. The van der Waals surface area contributed by atoms with Crippen LogP contribution in [-0.2, 0) is 0 Å². The molecule has 0 spiro atoms. The van der Waals surface area contributed by atoms with Gasteiger partial charge in [0.25, 0.3) is 0 Å². The van der Waals surface area contributed by atoms with Crippen molar-refractivity contribution in [2.24, 2.45) is 0 Å². The summed E-state index contributed by atoms with van der Waals surface area (Å²) < 4.78 is 0. The first-order chi connectivity index (χ1) is 5.36. The van der Waals surface area contributed by atoms with E-state index in [9.17, 15) is 0 Å². The number of likely N-dealkylation sites (tertiary alicyclic amines) is 1. The lowest BCUT2D eigenvalue weighted by molar-refractivity contribution is 0.276. The Morgan fingerprint density at radius 3 is 2.91 bits per heavy atom. The molecule has 0 radical (unpaired) electrons. The average molecular weight is 156 g/mol. The Kier molecular flexibility index (Phi) is 3.87. The van der Waals surface area contributed by atoms with E-state index in [2.05, 4.69) is 24.2 Å². The van der Waals surface area contributed by atoms with Crippen molar-refractivity contribution in [1.29, 1.82) is 0 Å². The van der Waals surface area contributed by atoms with Crippen molar-refractivity contribution in [1.82, 2.24) is 10.2 Å². The van der Waals surface area contributed by atoms with Gasteiger partial charge in [0.15, 0.2) is 0 Å². The summed E-state index contributed by atoms with van der Waals surface area (Å²) in [5, 5.41) is 3.37. The van der Waals surface area contributed by atoms with E-state index >= 15 is 0 Å². The standard InChI is InChI=1S/C9H20N2/c1-3-11-7-5-4-6-9(8-11)10-2/h9-10H,3-8H2,1-2H3/t9-/m0/s1. The Balaban J connectivity index is 2.33. The number of rotatable bonds is 2. The quantitative estimate of drug-likeness (QED) is 0.643. The maximum absolute atomic E-state index is 3.37. The average Bonchev–Trinajstić information content (AvgIpc) is 2.28. The maximum Gasteiger partial charge on any atom is 0.0192 e. The van der Waals surface area contributed by atoms with E-state index in [-0.39, 0.29) is 0 Å². The molecular formula is C9H20N2. The van der Waals surface area contributed by atoms with Gasteiger partial charge < -0.3 is 10.2 Å². The van der Waals surface area contributed by atoms with Gasteiger partial charge in [-0.3, -0.25) is 0 Å². The first kappa shape index (κ1) is 9.01. The van der Waals surface area contributed by atoms with E-state index < -0.39 is 0 Å². The largest absolute Gasteiger partial charge is 0.316 e. The van der Waals surface area contributed by atoms with Crippen LogP contribution in [-0.4, -0.2) is 37.6 Å². The Labute approximate surface area is 70.0 Å². The van der Waals surface area contributed by atoms with Gasteiger partial charge in [0.05, 0.1) is 0 Å². The van der Waals surface area contributed by atoms with Crippen LogP contribution in [0.3, 0.4) is 0 Å². The molecule has 1 heterocycles. The normalized spacial score (nSPS) is 28.4. The third kappa shape index (κ3) is 2.80. The molecule has 1 aliphatic heterocycles. The SMILES string of the molecule is CCN1CCCC[C@H](NC)C1. The summed E-state index contributed by atoms with van der Waals surface area (Å²) in [4.78, 5) is 2.54. The summed E-state index contributed by atoms with van der Waals surface area (Å²) in [6, 6.07) is 0.734. The lowest BCUT2D eigenvalue weighted by Crippen LogP contribution is -2.37.